The number of rotatable bonds is 4. The van der Waals surface area contributed by atoms with Crippen LogP contribution in [-0.4, -0.2) is 15.4 Å². The summed E-state index contributed by atoms with van der Waals surface area (Å²) < 4.78 is 1.05. The lowest BCUT2D eigenvalue weighted by molar-refractivity contribution is -0.385. The molecule has 25 heavy (non-hydrogen) atoms. The number of nitrogens with zero attached hydrogens (tertiary/aromatic N) is 2. The quantitative estimate of drug-likeness (QED) is 0.682. The third kappa shape index (κ3) is 4.53. The second-order valence-electron chi connectivity index (χ2n) is 6.95. The molecule has 0 bridgehead atoms. The molecule has 2 rings (SSSR count). The van der Waals surface area contributed by atoms with Crippen LogP contribution in [0.2, 0.25) is 0 Å². The van der Waals surface area contributed by atoms with Crippen LogP contribution in [-0.2, 0) is 16.8 Å². The van der Waals surface area contributed by atoms with Crippen LogP contribution in [0.25, 0.3) is 0 Å². The molecule has 0 aliphatic heterocycles. The van der Waals surface area contributed by atoms with Gasteiger partial charge in [-0.3, -0.25) is 24.3 Å². The zero-order valence-electron chi connectivity index (χ0n) is 14.7. The van der Waals surface area contributed by atoms with E-state index in [1.165, 1.54) is 13.0 Å². The third-order valence-electron chi connectivity index (χ3n) is 3.81. The Hall–Kier alpha value is -2.96. The van der Waals surface area contributed by atoms with Crippen molar-refractivity contribution in [1.82, 2.24) is 4.57 Å². The zero-order chi connectivity index (χ0) is 18.8. The summed E-state index contributed by atoms with van der Waals surface area (Å²) in [6, 6.07) is 8.64. The highest BCUT2D eigenvalue weighted by Gasteiger charge is 2.15. The van der Waals surface area contributed by atoms with Crippen LogP contribution in [0.1, 0.15) is 31.9 Å². The average Bonchev–Trinajstić information content (AvgIpc) is 2.51. The van der Waals surface area contributed by atoms with Gasteiger partial charge in [-0.15, -0.1) is 0 Å². The van der Waals surface area contributed by atoms with Crippen molar-refractivity contribution < 1.29 is 9.72 Å². The van der Waals surface area contributed by atoms with E-state index in [1.54, 1.807) is 12.1 Å². The van der Waals surface area contributed by atoms with Gasteiger partial charge in [0.15, 0.2) is 0 Å². The number of aromatic nitrogens is 1. The molecule has 0 fully saturated rings. The van der Waals surface area contributed by atoms with Gasteiger partial charge in [0, 0.05) is 17.3 Å². The van der Waals surface area contributed by atoms with Gasteiger partial charge in [-0.1, -0.05) is 32.9 Å². The lowest BCUT2D eigenvalue weighted by Crippen LogP contribution is -2.28. The Morgan fingerprint density at radius 3 is 2.36 bits per heavy atom. The molecule has 2 aromatic rings. The highest BCUT2D eigenvalue weighted by Crippen LogP contribution is 2.23. The largest absolute Gasteiger partial charge is 0.325 e. The predicted octanol–water partition coefficient (Wildman–Crippen LogP) is 3.00. The van der Waals surface area contributed by atoms with Gasteiger partial charge >= 0.3 is 0 Å². The Bertz CT molecular complexity index is 861. The van der Waals surface area contributed by atoms with Gasteiger partial charge in [-0.05, 0) is 30.0 Å². The second-order valence-corrected chi connectivity index (χ2v) is 6.95. The van der Waals surface area contributed by atoms with Gasteiger partial charge < -0.3 is 5.32 Å². The maximum atomic E-state index is 12.2. The number of hydrogen-bond donors (Lipinski definition) is 1. The molecule has 0 saturated heterocycles. The smallest absolute Gasteiger partial charge is 0.286 e. The molecule has 1 aromatic carbocycles. The first-order valence-corrected chi connectivity index (χ1v) is 7.84. The van der Waals surface area contributed by atoms with Crippen LogP contribution in [0, 0.1) is 17.0 Å². The first kappa shape index (κ1) is 18.4. The molecule has 0 unspecified atom stereocenters. The Kier molecular flexibility index (Phi) is 5.06. The van der Waals surface area contributed by atoms with Crippen LogP contribution < -0.4 is 10.9 Å². The number of amides is 1. The molecule has 0 aliphatic carbocycles. The van der Waals surface area contributed by atoms with Crippen molar-refractivity contribution in [2.75, 3.05) is 5.32 Å². The number of benzene rings is 1. The predicted molar refractivity (Wildman–Crippen MR) is 95.9 cm³/mol. The maximum Gasteiger partial charge on any atom is 0.286 e. The molecule has 0 spiro atoms. The minimum absolute atomic E-state index is 0.0103. The zero-order valence-corrected chi connectivity index (χ0v) is 14.7. The number of nitrogens with one attached hydrogen (secondary N) is 1. The van der Waals surface area contributed by atoms with Crippen LogP contribution >= 0.6 is 0 Å². The lowest BCUT2D eigenvalue weighted by atomic mass is 9.87. The summed E-state index contributed by atoms with van der Waals surface area (Å²) in [5, 5.41) is 13.6. The standard InChI is InChI=1S/C18H21N3O4/c1-12-9-15(21(24)25)10-20(17(12)23)11-16(22)19-14-7-5-13(6-8-14)18(2,3)4/h5-10H,11H2,1-4H3,(H,19,22). The fourth-order valence-corrected chi connectivity index (χ4v) is 2.39. The molecule has 0 atom stereocenters. The molecule has 7 nitrogen and oxygen atoms in total. The summed E-state index contributed by atoms with van der Waals surface area (Å²) in [7, 11) is 0. The first-order chi connectivity index (χ1) is 11.6. The van der Waals surface area contributed by atoms with Gasteiger partial charge in [-0.2, -0.15) is 0 Å². The van der Waals surface area contributed by atoms with Gasteiger partial charge in [0.2, 0.25) is 5.91 Å². The highest BCUT2D eigenvalue weighted by molar-refractivity contribution is 5.90. The van der Waals surface area contributed by atoms with E-state index < -0.39 is 16.4 Å². The summed E-state index contributed by atoms with van der Waals surface area (Å²) in [4.78, 5) is 34.5. The van der Waals surface area contributed by atoms with Gasteiger partial charge in [0.25, 0.3) is 11.2 Å². The molecule has 0 radical (unpaired) electrons. The Morgan fingerprint density at radius 1 is 1.24 bits per heavy atom. The molecule has 0 saturated carbocycles. The van der Waals surface area contributed by atoms with Gasteiger partial charge in [0.05, 0.1) is 11.1 Å². The van der Waals surface area contributed by atoms with Crippen molar-refractivity contribution in [3.63, 3.8) is 0 Å². The van der Waals surface area contributed by atoms with Crippen LogP contribution in [0.3, 0.4) is 0 Å². The average molecular weight is 343 g/mol. The fraction of sp³-hybridized carbons (Fsp3) is 0.333. The molecular formula is C18H21N3O4. The molecule has 132 valence electrons. The van der Waals surface area contributed by atoms with Crippen LogP contribution in [0.4, 0.5) is 11.4 Å². The minimum Gasteiger partial charge on any atom is -0.325 e. The van der Waals surface area contributed by atoms with Crippen molar-refractivity contribution in [2.24, 2.45) is 0 Å². The summed E-state index contributed by atoms with van der Waals surface area (Å²) >= 11 is 0. The van der Waals surface area contributed by atoms with Crippen LogP contribution in [0.5, 0.6) is 0 Å². The van der Waals surface area contributed by atoms with E-state index in [0.29, 0.717) is 5.69 Å². The Labute approximate surface area is 145 Å². The van der Waals surface area contributed by atoms with E-state index in [-0.39, 0.29) is 23.2 Å². The van der Waals surface area contributed by atoms with Crippen molar-refractivity contribution >= 4 is 17.3 Å². The van der Waals surface area contributed by atoms with Crippen molar-refractivity contribution in [2.45, 2.75) is 39.7 Å². The number of carbonyl (C=O) groups excluding carboxylic acids is 1. The fourth-order valence-electron chi connectivity index (χ4n) is 2.39. The van der Waals surface area contributed by atoms with E-state index in [9.17, 15) is 19.7 Å². The Morgan fingerprint density at radius 2 is 1.84 bits per heavy atom. The third-order valence-corrected chi connectivity index (χ3v) is 3.81. The maximum absolute atomic E-state index is 12.2. The van der Waals surface area contributed by atoms with Crippen LogP contribution in [0.15, 0.2) is 41.3 Å². The minimum atomic E-state index is -0.591. The lowest BCUT2D eigenvalue weighted by Gasteiger charge is -2.19. The number of pyridine rings is 1. The summed E-state index contributed by atoms with van der Waals surface area (Å²) in [6.07, 6.45) is 1.08. The highest BCUT2D eigenvalue weighted by atomic mass is 16.6. The molecule has 1 N–H and O–H groups in total. The molecular weight excluding hydrogens is 322 g/mol. The van der Waals surface area contributed by atoms with E-state index in [2.05, 4.69) is 26.1 Å². The molecule has 1 heterocycles. The van der Waals surface area contributed by atoms with E-state index in [4.69, 9.17) is 0 Å². The normalized spacial score (nSPS) is 11.2. The summed E-state index contributed by atoms with van der Waals surface area (Å²) in [5.74, 6) is -0.425. The number of hydrogen-bond acceptors (Lipinski definition) is 4. The molecule has 0 aliphatic rings. The number of anilines is 1. The van der Waals surface area contributed by atoms with Crippen molar-refractivity contribution in [3.8, 4) is 0 Å². The van der Waals surface area contributed by atoms with E-state index in [0.717, 1.165) is 16.3 Å². The first-order valence-electron chi connectivity index (χ1n) is 7.84. The number of carbonyl (C=O) groups is 1. The van der Waals surface area contributed by atoms with Gasteiger partial charge in [0.1, 0.15) is 6.54 Å². The van der Waals surface area contributed by atoms with E-state index in [1.807, 2.05) is 12.1 Å². The van der Waals surface area contributed by atoms with Crippen molar-refractivity contribution in [3.05, 3.63) is 68.1 Å². The number of nitro groups is 1. The second kappa shape index (κ2) is 6.88. The molecule has 1 aromatic heterocycles. The van der Waals surface area contributed by atoms with Gasteiger partial charge in [-0.25, -0.2) is 0 Å². The molecule has 7 heteroatoms. The monoisotopic (exact) mass is 343 g/mol. The van der Waals surface area contributed by atoms with Crippen molar-refractivity contribution in [1.29, 1.82) is 0 Å². The Balaban J connectivity index is 2.15. The number of aryl methyl sites for hydroxylation is 1. The van der Waals surface area contributed by atoms with E-state index >= 15 is 0 Å². The summed E-state index contributed by atoms with van der Waals surface area (Å²) in [6.45, 7) is 7.48. The SMILES string of the molecule is Cc1cc([N+](=O)[O-])cn(CC(=O)Nc2ccc(C(C)(C)C)cc2)c1=O. The molecule has 1 amide bonds. The summed E-state index contributed by atoms with van der Waals surface area (Å²) in [5.41, 5.74) is 1.32. The topological polar surface area (TPSA) is 94.2 Å².